The van der Waals surface area contributed by atoms with Crippen LogP contribution in [0.4, 0.5) is 4.79 Å². The number of amides is 2. The van der Waals surface area contributed by atoms with Gasteiger partial charge in [0.15, 0.2) is 0 Å². The lowest BCUT2D eigenvalue weighted by Crippen LogP contribution is -2.50. The molecule has 0 radical (unpaired) electrons. The third-order valence-corrected chi connectivity index (χ3v) is 4.26. The first-order valence-corrected chi connectivity index (χ1v) is 8.09. The molecule has 0 spiro atoms. The monoisotopic (exact) mass is 284 g/mol. The van der Waals surface area contributed by atoms with Crippen LogP contribution in [0.1, 0.15) is 53.4 Å². The third kappa shape index (κ3) is 5.70. The molecule has 0 aromatic heterocycles. The summed E-state index contributed by atoms with van der Waals surface area (Å²) in [5.41, 5.74) is 0. The van der Waals surface area contributed by atoms with Crippen LogP contribution < -0.4 is 5.32 Å². The standard InChI is InChI=1S/C16H32N2O2/c1-12(2)9-15(7-8-19)10-17-16(20)18-11-13(3)5-6-14(18)4/h12-15,19H,5-11H2,1-4H3,(H,17,20). The minimum atomic E-state index is 0.0655. The van der Waals surface area contributed by atoms with E-state index in [1.165, 1.54) is 6.42 Å². The second-order valence-electron chi connectivity index (χ2n) is 6.88. The lowest BCUT2D eigenvalue weighted by atomic mass is 9.94. The number of aliphatic hydroxyl groups is 1. The second kappa shape index (κ2) is 8.50. The van der Waals surface area contributed by atoms with Crippen LogP contribution in [0.2, 0.25) is 0 Å². The largest absolute Gasteiger partial charge is 0.396 e. The molecular weight excluding hydrogens is 252 g/mol. The average Bonchev–Trinajstić information content (AvgIpc) is 2.38. The predicted octanol–water partition coefficient (Wildman–Crippen LogP) is 2.86. The molecule has 0 aromatic rings. The van der Waals surface area contributed by atoms with Gasteiger partial charge < -0.3 is 15.3 Å². The molecule has 0 aromatic carbocycles. The number of hydrogen-bond acceptors (Lipinski definition) is 2. The fourth-order valence-corrected chi connectivity index (χ4v) is 3.06. The summed E-state index contributed by atoms with van der Waals surface area (Å²) >= 11 is 0. The number of nitrogens with one attached hydrogen (secondary N) is 1. The highest BCUT2D eigenvalue weighted by atomic mass is 16.3. The van der Waals surface area contributed by atoms with Gasteiger partial charge in [0.05, 0.1) is 0 Å². The van der Waals surface area contributed by atoms with Gasteiger partial charge in [-0.2, -0.15) is 0 Å². The van der Waals surface area contributed by atoms with E-state index in [4.69, 9.17) is 5.11 Å². The SMILES string of the molecule is CC(C)CC(CCO)CNC(=O)N1CC(C)CCC1C. The van der Waals surface area contributed by atoms with Crippen molar-refractivity contribution >= 4 is 6.03 Å². The molecule has 4 nitrogen and oxygen atoms in total. The zero-order valence-corrected chi connectivity index (χ0v) is 13.6. The quantitative estimate of drug-likeness (QED) is 0.788. The Labute approximate surface area is 123 Å². The second-order valence-corrected chi connectivity index (χ2v) is 6.88. The molecule has 4 heteroatoms. The van der Waals surface area contributed by atoms with Gasteiger partial charge in [0.25, 0.3) is 0 Å². The Kier molecular flexibility index (Phi) is 7.35. The molecule has 1 aliphatic heterocycles. The van der Waals surface area contributed by atoms with Crippen LogP contribution in [-0.4, -0.2) is 41.8 Å². The molecule has 0 bridgehead atoms. The Hall–Kier alpha value is -0.770. The number of likely N-dealkylation sites (tertiary alicyclic amines) is 1. The van der Waals surface area contributed by atoms with Gasteiger partial charge in [-0.05, 0) is 50.4 Å². The van der Waals surface area contributed by atoms with Crippen molar-refractivity contribution in [3.8, 4) is 0 Å². The fourth-order valence-electron chi connectivity index (χ4n) is 3.06. The summed E-state index contributed by atoms with van der Waals surface area (Å²) in [6.45, 7) is 10.4. The zero-order valence-electron chi connectivity index (χ0n) is 13.6. The summed E-state index contributed by atoms with van der Waals surface area (Å²) in [5.74, 6) is 1.57. The third-order valence-electron chi connectivity index (χ3n) is 4.26. The van der Waals surface area contributed by atoms with Gasteiger partial charge in [-0.25, -0.2) is 4.79 Å². The maximum atomic E-state index is 12.3. The predicted molar refractivity (Wildman–Crippen MR) is 82.6 cm³/mol. The number of urea groups is 1. The highest BCUT2D eigenvalue weighted by Gasteiger charge is 2.27. The highest BCUT2D eigenvalue weighted by Crippen LogP contribution is 2.21. The van der Waals surface area contributed by atoms with Crippen molar-refractivity contribution < 1.29 is 9.90 Å². The number of rotatable bonds is 6. The Morgan fingerprint density at radius 1 is 1.35 bits per heavy atom. The molecule has 3 atom stereocenters. The van der Waals surface area contributed by atoms with Crippen molar-refractivity contribution in [2.75, 3.05) is 19.7 Å². The van der Waals surface area contributed by atoms with E-state index >= 15 is 0 Å². The van der Waals surface area contributed by atoms with E-state index in [0.717, 1.165) is 25.8 Å². The summed E-state index contributed by atoms with van der Waals surface area (Å²) in [5, 5.41) is 12.2. The molecular formula is C16H32N2O2. The van der Waals surface area contributed by atoms with Crippen LogP contribution in [0.25, 0.3) is 0 Å². The topological polar surface area (TPSA) is 52.6 Å². The minimum Gasteiger partial charge on any atom is -0.396 e. The van der Waals surface area contributed by atoms with E-state index in [0.29, 0.717) is 30.3 Å². The highest BCUT2D eigenvalue weighted by molar-refractivity contribution is 5.74. The van der Waals surface area contributed by atoms with Crippen molar-refractivity contribution in [1.29, 1.82) is 0 Å². The molecule has 1 saturated heterocycles. The van der Waals surface area contributed by atoms with Crippen molar-refractivity contribution in [3.63, 3.8) is 0 Å². The van der Waals surface area contributed by atoms with E-state index in [1.807, 2.05) is 4.90 Å². The first kappa shape index (κ1) is 17.3. The molecule has 0 aliphatic carbocycles. The Balaban J connectivity index is 2.43. The number of nitrogens with zero attached hydrogens (tertiary/aromatic N) is 1. The van der Waals surface area contributed by atoms with Crippen LogP contribution >= 0.6 is 0 Å². The van der Waals surface area contributed by atoms with Gasteiger partial charge in [-0.15, -0.1) is 0 Å². The Bertz CT molecular complexity index is 294. The van der Waals surface area contributed by atoms with Crippen LogP contribution in [0.3, 0.4) is 0 Å². The van der Waals surface area contributed by atoms with Crippen LogP contribution in [0.5, 0.6) is 0 Å². The number of aliphatic hydroxyl groups excluding tert-OH is 1. The van der Waals surface area contributed by atoms with Gasteiger partial charge in [-0.1, -0.05) is 20.8 Å². The molecule has 2 amide bonds. The molecule has 1 aliphatic rings. The Morgan fingerprint density at radius 3 is 2.65 bits per heavy atom. The van der Waals surface area contributed by atoms with Gasteiger partial charge in [-0.3, -0.25) is 0 Å². The van der Waals surface area contributed by atoms with Crippen molar-refractivity contribution in [2.24, 2.45) is 17.8 Å². The van der Waals surface area contributed by atoms with E-state index in [9.17, 15) is 4.79 Å². The number of hydrogen-bond donors (Lipinski definition) is 2. The molecule has 20 heavy (non-hydrogen) atoms. The van der Waals surface area contributed by atoms with Gasteiger partial charge in [0.1, 0.15) is 0 Å². The van der Waals surface area contributed by atoms with Crippen LogP contribution in [0.15, 0.2) is 0 Å². The normalized spacial score (nSPS) is 24.8. The lowest BCUT2D eigenvalue weighted by molar-refractivity contribution is 0.134. The van der Waals surface area contributed by atoms with E-state index in [2.05, 4.69) is 33.0 Å². The summed E-state index contributed by atoms with van der Waals surface area (Å²) in [4.78, 5) is 14.3. The average molecular weight is 284 g/mol. The first-order chi connectivity index (χ1) is 9.43. The number of carbonyl (C=O) groups excluding carboxylic acids is 1. The number of carbonyl (C=O) groups is 1. The summed E-state index contributed by atoms with van der Waals surface area (Å²) < 4.78 is 0. The molecule has 0 saturated carbocycles. The molecule has 1 rings (SSSR count). The summed E-state index contributed by atoms with van der Waals surface area (Å²) in [6, 6.07) is 0.406. The van der Waals surface area contributed by atoms with E-state index < -0.39 is 0 Å². The maximum Gasteiger partial charge on any atom is 0.317 e. The smallest absolute Gasteiger partial charge is 0.317 e. The summed E-state index contributed by atoms with van der Waals surface area (Å²) in [7, 11) is 0. The van der Waals surface area contributed by atoms with E-state index in [-0.39, 0.29) is 12.6 Å². The maximum absolute atomic E-state index is 12.3. The first-order valence-electron chi connectivity index (χ1n) is 8.09. The molecule has 1 heterocycles. The lowest BCUT2D eigenvalue weighted by Gasteiger charge is -2.37. The minimum absolute atomic E-state index is 0.0655. The van der Waals surface area contributed by atoms with Gasteiger partial charge in [0.2, 0.25) is 0 Å². The number of piperidine rings is 1. The molecule has 118 valence electrons. The molecule has 1 fully saturated rings. The van der Waals surface area contributed by atoms with Crippen molar-refractivity contribution in [3.05, 3.63) is 0 Å². The summed E-state index contributed by atoms with van der Waals surface area (Å²) in [6.07, 6.45) is 4.13. The fraction of sp³-hybridized carbons (Fsp3) is 0.938. The zero-order chi connectivity index (χ0) is 15.1. The van der Waals surface area contributed by atoms with Crippen molar-refractivity contribution in [1.82, 2.24) is 10.2 Å². The molecule has 3 unspecified atom stereocenters. The van der Waals surface area contributed by atoms with Crippen LogP contribution in [-0.2, 0) is 0 Å². The van der Waals surface area contributed by atoms with E-state index in [1.54, 1.807) is 0 Å². The van der Waals surface area contributed by atoms with Crippen LogP contribution in [0, 0.1) is 17.8 Å². The van der Waals surface area contributed by atoms with Crippen molar-refractivity contribution in [2.45, 2.75) is 59.4 Å². The molecule has 2 N–H and O–H groups in total. The Morgan fingerprint density at radius 2 is 2.05 bits per heavy atom. The van der Waals surface area contributed by atoms with Gasteiger partial charge >= 0.3 is 6.03 Å². The van der Waals surface area contributed by atoms with Gasteiger partial charge in [0, 0.05) is 25.7 Å².